The molecule has 0 rings (SSSR count). The van der Waals surface area contributed by atoms with Crippen molar-refractivity contribution in [2.45, 2.75) is 0 Å². The quantitative estimate of drug-likeness (QED) is 0.0875. The van der Waals surface area contributed by atoms with Gasteiger partial charge in [-0.2, -0.15) is 69.9 Å². The Hall–Kier alpha value is -2.05. The van der Waals surface area contributed by atoms with Gasteiger partial charge in [0, 0.05) is 0 Å². The number of hydrogen-bond acceptors (Lipinski definition) is 35. The van der Waals surface area contributed by atoms with Crippen molar-refractivity contribution in [1.29, 1.82) is 0 Å². The van der Waals surface area contributed by atoms with Gasteiger partial charge in [-0.25, -0.2) is 0 Å². The summed E-state index contributed by atoms with van der Waals surface area (Å²) in [5.41, 5.74) is 0. The van der Waals surface area contributed by atoms with E-state index >= 15 is 0 Å². The monoisotopic (exact) mass is 986 g/mol. The molecule has 0 aliphatic rings. The predicted octanol–water partition coefficient (Wildman–Crippen LogP) is -21.1. The molecule has 0 spiro atoms. The Morgan fingerprint density at radius 1 is 0.271 bits per heavy atom. The van der Waals surface area contributed by atoms with Crippen molar-refractivity contribution in [3.05, 3.63) is 76.6 Å². The van der Waals surface area contributed by atoms with Crippen LogP contribution in [0.1, 0.15) is 0 Å². The van der Waals surface area contributed by atoms with Gasteiger partial charge in [0.05, 0.1) is 99.9 Å². The van der Waals surface area contributed by atoms with Crippen molar-refractivity contribution in [2.75, 3.05) is 0 Å². The van der Waals surface area contributed by atoms with Crippen LogP contribution in [0.2, 0.25) is 0 Å². The van der Waals surface area contributed by atoms with E-state index in [2.05, 4.69) is 0 Å². The van der Waals surface area contributed by atoms with Crippen molar-refractivity contribution >= 4 is 0 Å². The Balaban J connectivity index is -0.0000000256. The van der Waals surface area contributed by atoms with Crippen molar-refractivity contribution in [2.24, 2.45) is 0 Å². The third kappa shape index (κ3) is 19200. The van der Waals surface area contributed by atoms with Crippen molar-refractivity contribution < 1.29 is 212 Å². The van der Waals surface area contributed by atoms with Gasteiger partial charge in [-0.1, -0.05) is 0 Å². The summed E-state index contributed by atoms with van der Waals surface area (Å²) >= 11 is 0. The Morgan fingerprint density at radius 3 is 0.271 bits per heavy atom. The molecule has 48 heavy (non-hydrogen) atoms. The van der Waals surface area contributed by atoms with E-state index in [1.54, 1.807) is 0 Å². The summed E-state index contributed by atoms with van der Waals surface area (Å²) in [6.07, 6.45) is 0. The molecule has 0 unspecified atom stereocenters. The second-order valence-electron chi connectivity index (χ2n) is 3.10. The Bertz CT molecular complexity index is 509. The fourth-order valence-electron chi connectivity index (χ4n) is 0. The van der Waals surface area contributed by atoms with Crippen LogP contribution >= 0.6 is 0 Å². The number of hydrogen-bond donors (Lipinski definition) is 7. The van der Waals surface area contributed by atoms with E-state index in [9.17, 15) is 0 Å². The summed E-state index contributed by atoms with van der Waals surface area (Å²) in [5, 5.41) is 73.8. The van der Waals surface area contributed by atoms with Crippen LogP contribution < -0.4 is 82.2 Å². The molecule has 0 fully saturated rings. The summed E-state index contributed by atoms with van der Waals surface area (Å²) in [7, 11) is -23.5. The number of quaternary nitrogens is 2. The average Bonchev–Trinajstić information content (AvgIpc) is 2.41. The zero-order chi connectivity index (χ0) is 40.4. The van der Waals surface area contributed by atoms with Crippen LogP contribution in [-0.2, 0) is 0 Å². The summed E-state index contributed by atoms with van der Waals surface area (Å²) in [4.78, 5) is 41.2. The molecular weight excluding hydrogens is 975 g/mol. The zero-order valence-electron chi connectivity index (χ0n) is 21.1. The SMILES string of the molecule is O=[N+]([O-])[O-].O=[N+]([O-])[O-].O=[N+]([O-])[O-].O=[N+]([O-])[O-].O=[N+]([O-])[O-].[Ce+3].[NH4+].[NH4+].[O-][Cl+3]([O-])([O-])O.[O-][Cl+3]([O-])([O-])O.[O-][Cl+3]([O-])([O-])O.[O-][Cl+3]([O-])([O-])O.[O-][Cl+3]([O-])([O-])O. The van der Waals surface area contributed by atoms with Gasteiger partial charge in [-0.3, -0.25) is 0 Å². The molecular formula is H13CeCl5N7O35. The van der Waals surface area contributed by atoms with E-state index in [0.29, 0.717) is 0 Å². The largest absolute Gasteiger partial charge is 3.00 e. The topological polar surface area (TPSA) is 851 Å². The van der Waals surface area contributed by atoms with Crippen LogP contribution in [0.3, 0.4) is 0 Å². The van der Waals surface area contributed by atoms with Crippen LogP contribution in [0.15, 0.2) is 0 Å². The molecule has 0 bridgehead atoms. The third-order valence-corrected chi connectivity index (χ3v) is 0. The summed E-state index contributed by atoms with van der Waals surface area (Å²) in [6.45, 7) is 0. The standard InChI is InChI=1S/Ce.5ClHO4.5NO3.2H3N/c;5*2-1(3,4)5;5*2-1(3)4;;/h;5*(H,2,3,4,5);;;;;;2*1H3/q+3;;;;;;5*-1;;/p+2. The maximum Gasteiger partial charge on any atom is 3.00 e. The first kappa shape index (κ1) is 85.5. The number of rotatable bonds is 0. The smallest absolute Gasteiger partial charge is 0.369 e. The van der Waals surface area contributed by atoms with Crippen molar-refractivity contribution in [3.63, 3.8) is 0 Å². The fourth-order valence-corrected chi connectivity index (χ4v) is 0. The van der Waals surface area contributed by atoms with Gasteiger partial charge in [-0.15, -0.1) is 0 Å². The minimum absolute atomic E-state index is 0. The molecule has 0 aromatic rings. The normalized spacial score (nSPS) is 8.75. The first-order valence-corrected chi connectivity index (χ1v) is 12.2. The molecule has 0 amide bonds. The zero-order valence-corrected chi connectivity index (χ0v) is 28.0. The molecule has 0 saturated carbocycles. The van der Waals surface area contributed by atoms with Crippen LogP contribution in [0.5, 0.6) is 0 Å². The van der Waals surface area contributed by atoms with E-state index in [4.69, 9.17) is 170 Å². The molecule has 0 saturated heterocycles. The molecule has 1 radical (unpaired) electrons. The van der Waals surface area contributed by atoms with E-state index < -0.39 is 76.6 Å². The Kier molecular flexibility index (Phi) is 83.8. The maximum absolute atomic E-state index is 8.60. The maximum atomic E-state index is 8.60. The minimum atomic E-state index is -4.69. The van der Waals surface area contributed by atoms with Crippen molar-refractivity contribution in [3.8, 4) is 0 Å². The van der Waals surface area contributed by atoms with Gasteiger partial charge in [0.2, 0.25) is 0 Å². The van der Waals surface area contributed by atoms with E-state index in [1.807, 2.05) is 0 Å². The van der Waals surface area contributed by atoms with Crippen LogP contribution in [0.25, 0.3) is 0 Å². The average molecular weight is 988 g/mol. The van der Waals surface area contributed by atoms with Gasteiger partial charge in [0.15, 0.2) is 0 Å². The van der Waals surface area contributed by atoms with Gasteiger partial charge in [0.25, 0.3) is 0 Å². The third-order valence-electron chi connectivity index (χ3n) is 0. The molecule has 42 nitrogen and oxygen atoms in total. The molecule has 13 N–H and O–H groups in total. The van der Waals surface area contributed by atoms with E-state index in [1.165, 1.54) is 0 Å². The van der Waals surface area contributed by atoms with Crippen LogP contribution in [0, 0.1) is 170 Å². The predicted molar refractivity (Wildman–Crippen MR) is 74.9 cm³/mol. The second-order valence-corrected chi connectivity index (χ2v) is 7.06. The fraction of sp³-hybridized carbons (Fsp3) is 0. The first-order chi connectivity index (χ1) is 18.7. The summed E-state index contributed by atoms with van der Waals surface area (Å²) in [6, 6.07) is 0. The first-order valence-electron chi connectivity index (χ1n) is 5.90. The van der Waals surface area contributed by atoms with Crippen LogP contribution in [-0.4, -0.2) is 48.7 Å². The molecule has 0 atom stereocenters. The Labute approximate surface area is 299 Å². The van der Waals surface area contributed by atoms with Crippen molar-refractivity contribution in [1.82, 2.24) is 12.3 Å². The molecule has 0 heterocycles. The van der Waals surface area contributed by atoms with Crippen LogP contribution in [0.4, 0.5) is 0 Å². The number of halogens is 5. The van der Waals surface area contributed by atoms with E-state index in [-0.39, 0.29) is 54.0 Å². The summed E-state index contributed by atoms with van der Waals surface area (Å²) < 4.78 is 164. The van der Waals surface area contributed by atoms with Gasteiger partial charge >= 0.3 is 41.7 Å². The molecule has 0 aliphatic heterocycles. The Morgan fingerprint density at radius 2 is 0.271 bits per heavy atom. The number of nitrogens with zero attached hydrogens (tertiary/aromatic N) is 5. The van der Waals surface area contributed by atoms with Gasteiger partial charge in [-0.05, 0) is 0 Å². The van der Waals surface area contributed by atoms with Gasteiger partial charge < -0.3 is 88.9 Å². The minimum Gasteiger partial charge on any atom is -0.369 e. The molecule has 0 aromatic carbocycles. The van der Waals surface area contributed by atoms with E-state index in [0.717, 1.165) is 0 Å². The summed E-state index contributed by atoms with van der Waals surface area (Å²) in [5.74, 6) is 0. The second kappa shape index (κ2) is 47.1. The molecule has 0 aromatic heterocycles. The molecule has 0 aliphatic carbocycles. The van der Waals surface area contributed by atoms with Gasteiger partial charge in [0.1, 0.15) is 0 Å². The molecule has 297 valence electrons. The molecule has 48 heteroatoms.